The largest absolute Gasteiger partial charge is 0.412 e. The predicted molar refractivity (Wildman–Crippen MR) is 61.4 cm³/mol. The summed E-state index contributed by atoms with van der Waals surface area (Å²) < 4.78 is 4.74. The SMILES string of the molecule is O=C(Cl)Oc1cccc2nc(Cl)c(Cl)nc12. The number of nitrogens with zero attached hydrogens (tertiary/aromatic N) is 2. The summed E-state index contributed by atoms with van der Waals surface area (Å²) in [6.45, 7) is 0. The molecule has 1 aromatic heterocycles. The molecule has 0 fully saturated rings. The fourth-order valence-corrected chi connectivity index (χ4v) is 1.52. The molecule has 0 aliphatic carbocycles. The van der Waals surface area contributed by atoms with E-state index in [1.165, 1.54) is 6.07 Å². The number of aromatic nitrogens is 2. The molecule has 82 valence electrons. The maximum Gasteiger partial charge on any atom is 0.409 e. The van der Waals surface area contributed by atoms with Crippen LogP contribution in [0.1, 0.15) is 0 Å². The minimum absolute atomic E-state index is 0.0345. The molecule has 0 bridgehead atoms. The number of carbonyl (C=O) groups is 1. The summed E-state index contributed by atoms with van der Waals surface area (Å²) >= 11 is 16.5. The van der Waals surface area contributed by atoms with E-state index >= 15 is 0 Å². The van der Waals surface area contributed by atoms with Gasteiger partial charge in [0, 0.05) is 11.6 Å². The molecule has 2 aromatic rings. The number of ether oxygens (including phenoxy) is 1. The Morgan fingerprint density at radius 3 is 2.56 bits per heavy atom. The van der Waals surface area contributed by atoms with Gasteiger partial charge < -0.3 is 4.74 Å². The quantitative estimate of drug-likeness (QED) is 0.746. The van der Waals surface area contributed by atoms with Gasteiger partial charge in [-0.2, -0.15) is 0 Å². The topological polar surface area (TPSA) is 52.1 Å². The van der Waals surface area contributed by atoms with Gasteiger partial charge >= 0.3 is 5.43 Å². The molecule has 1 aromatic carbocycles. The summed E-state index contributed by atoms with van der Waals surface area (Å²) in [6.07, 6.45) is 0. The lowest BCUT2D eigenvalue weighted by Gasteiger charge is -2.04. The minimum Gasteiger partial charge on any atom is -0.412 e. The number of carbonyl (C=O) groups excluding carboxylic acids is 1. The van der Waals surface area contributed by atoms with E-state index in [2.05, 4.69) is 9.97 Å². The average Bonchev–Trinajstić information content (AvgIpc) is 2.20. The molecule has 0 saturated heterocycles. The lowest BCUT2D eigenvalue weighted by Crippen LogP contribution is -1.98. The smallest absolute Gasteiger partial charge is 0.409 e. The van der Waals surface area contributed by atoms with E-state index < -0.39 is 5.43 Å². The van der Waals surface area contributed by atoms with Crippen LogP contribution in [0.15, 0.2) is 18.2 Å². The summed E-state index contributed by atoms with van der Waals surface area (Å²) in [5.41, 5.74) is -0.170. The van der Waals surface area contributed by atoms with E-state index in [1.54, 1.807) is 12.1 Å². The van der Waals surface area contributed by atoms with E-state index in [0.29, 0.717) is 11.0 Å². The van der Waals surface area contributed by atoms with Gasteiger partial charge in [0.2, 0.25) is 0 Å². The fraction of sp³-hybridized carbons (Fsp3) is 0. The van der Waals surface area contributed by atoms with Crippen LogP contribution in [0, 0.1) is 0 Å². The molecule has 7 heteroatoms. The summed E-state index contributed by atoms with van der Waals surface area (Å²) in [6, 6.07) is 4.83. The normalized spacial score (nSPS) is 10.4. The Bertz CT molecular complexity index is 574. The van der Waals surface area contributed by atoms with Crippen LogP contribution in [0.2, 0.25) is 10.3 Å². The Labute approximate surface area is 105 Å². The first-order chi connectivity index (χ1) is 7.58. The third-order valence-electron chi connectivity index (χ3n) is 1.77. The minimum atomic E-state index is -0.958. The summed E-state index contributed by atoms with van der Waals surface area (Å²) in [7, 11) is 0. The van der Waals surface area contributed by atoms with Crippen LogP contribution in [0.25, 0.3) is 11.0 Å². The summed E-state index contributed by atoms with van der Waals surface area (Å²) in [4.78, 5) is 18.6. The van der Waals surface area contributed by atoms with Gasteiger partial charge in [-0.05, 0) is 12.1 Å². The first-order valence-corrected chi connectivity index (χ1v) is 5.20. The Balaban J connectivity index is 2.67. The number of fused-ring (bicyclic) bond motifs is 1. The zero-order chi connectivity index (χ0) is 11.7. The molecule has 0 saturated carbocycles. The number of halogens is 3. The summed E-state index contributed by atoms with van der Waals surface area (Å²) in [5, 5.41) is 0.121. The van der Waals surface area contributed by atoms with Crippen molar-refractivity contribution in [2.75, 3.05) is 0 Å². The first-order valence-electron chi connectivity index (χ1n) is 4.07. The van der Waals surface area contributed by atoms with Crippen molar-refractivity contribution in [2.24, 2.45) is 0 Å². The molecule has 0 N–H and O–H groups in total. The van der Waals surface area contributed by atoms with Gasteiger partial charge in [-0.3, -0.25) is 0 Å². The molecule has 0 atom stereocenters. The van der Waals surface area contributed by atoms with Crippen molar-refractivity contribution < 1.29 is 9.53 Å². The maximum atomic E-state index is 10.6. The Hall–Kier alpha value is -1.10. The number of benzene rings is 1. The molecule has 0 aliphatic rings. The lowest BCUT2D eigenvalue weighted by molar-refractivity contribution is 0.226. The second-order valence-corrected chi connectivity index (χ2v) is 3.79. The first kappa shape index (κ1) is 11.4. The van der Waals surface area contributed by atoms with Crippen molar-refractivity contribution in [3.05, 3.63) is 28.5 Å². The molecule has 0 spiro atoms. The highest BCUT2D eigenvalue weighted by Crippen LogP contribution is 2.27. The average molecular weight is 277 g/mol. The van der Waals surface area contributed by atoms with Gasteiger partial charge in [0.05, 0.1) is 5.52 Å². The Morgan fingerprint density at radius 1 is 1.19 bits per heavy atom. The molecule has 0 unspecified atom stereocenters. The molecule has 0 amide bonds. The third-order valence-corrected chi connectivity index (χ3v) is 2.47. The standard InChI is InChI=1S/C9H3Cl3N2O2/c10-7-8(11)14-6-4(13-7)2-1-3-5(6)16-9(12)15/h1-3H. The fourth-order valence-electron chi connectivity index (χ4n) is 1.18. The van der Waals surface area contributed by atoms with Crippen molar-refractivity contribution >= 4 is 51.3 Å². The van der Waals surface area contributed by atoms with Gasteiger partial charge in [0.15, 0.2) is 16.1 Å². The monoisotopic (exact) mass is 276 g/mol. The van der Waals surface area contributed by atoms with Gasteiger partial charge in [-0.1, -0.05) is 29.3 Å². The van der Waals surface area contributed by atoms with Crippen LogP contribution >= 0.6 is 34.8 Å². The van der Waals surface area contributed by atoms with Crippen molar-refractivity contribution in [1.29, 1.82) is 0 Å². The third kappa shape index (κ3) is 2.19. The maximum absolute atomic E-state index is 10.6. The van der Waals surface area contributed by atoms with Gasteiger partial charge in [0.25, 0.3) is 0 Å². The van der Waals surface area contributed by atoms with Crippen molar-refractivity contribution in [3.63, 3.8) is 0 Å². The second-order valence-electron chi connectivity index (χ2n) is 2.77. The van der Waals surface area contributed by atoms with E-state index in [0.717, 1.165) is 0 Å². The highest BCUT2D eigenvalue weighted by molar-refractivity contribution is 6.61. The second kappa shape index (κ2) is 4.41. The molecule has 1 heterocycles. The van der Waals surface area contributed by atoms with Gasteiger partial charge in [0.1, 0.15) is 5.52 Å². The Morgan fingerprint density at radius 2 is 1.88 bits per heavy atom. The molecule has 2 rings (SSSR count). The lowest BCUT2D eigenvalue weighted by atomic mass is 10.3. The number of hydrogen-bond donors (Lipinski definition) is 0. The van der Waals surface area contributed by atoms with Crippen molar-refractivity contribution in [3.8, 4) is 5.75 Å². The van der Waals surface area contributed by atoms with Crippen LogP contribution in [0.3, 0.4) is 0 Å². The van der Waals surface area contributed by atoms with Crippen LogP contribution in [0.5, 0.6) is 5.75 Å². The van der Waals surface area contributed by atoms with Crippen molar-refractivity contribution in [2.45, 2.75) is 0 Å². The van der Waals surface area contributed by atoms with E-state index in [4.69, 9.17) is 39.5 Å². The number of hydrogen-bond acceptors (Lipinski definition) is 4. The molecule has 4 nitrogen and oxygen atoms in total. The Kier molecular flexibility index (Phi) is 3.14. The van der Waals surface area contributed by atoms with E-state index in [-0.39, 0.29) is 16.1 Å². The van der Waals surface area contributed by atoms with E-state index in [1.807, 2.05) is 0 Å². The number of para-hydroxylation sites is 1. The van der Waals surface area contributed by atoms with Crippen LogP contribution in [-0.2, 0) is 0 Å². The molecule has 16 heavy (non-hydrogen) atoms. The predicted octanol–water partition coefficient (Wildman–Crippen LogP) is 3.67. The zero-order valence-corrected chi connectivity index (χ0v) is 9.84. The van der Waals surface area contributed by atoms with Gasteiger partial charge in [-0.25, -0.2) is 14.8 Å². The number of rotatable bonds is 1. The highest BCUT2D eigenvalue weighted by atomic mass is 35.5. The molecular formula is C9H3Cl3N2O2. The van der Waals surface area contributed by atoms with Crippen molar-refractivity contribution in [1.82, 2.24) is 9.97 Å². The van der Waals surface area contributed by atoms with Crippen LogP contribution < -0.4 is 4.74 Å². The molecule has 0 radical (unpaired) electrons. The molecular weight excluding hydrogens is 274 g/mol. The summed E-state index contributed by atoms with van der Waals surface area (Å²) in [5.74, 6) is 0.184. The van der Waals surface area contributed by atoms with Gasteiger partial charge in [-0.15, -0.1) is 0 Å². The van der Waals surface area contributed by atoms with E-state index in [9.17, 15) is 4.79 Å². The highest BCUT2D eigenvalue weighted by Gasteiger charge is 2.10. The zero-order valence-electron chi connectivity index (χ0n) is 7.58. The van der Waals surface area contributed by atoms with Crippen LogP contribution in [-0.4, -0.2) is 15.4 Å². The molecule has 0 aliphatic heterocycles. The van der Waals surface area contributed by atoms with Crippen LogP contribution in [0.4, 0.5) is 4.79 Å².